The maximum atomic E-state index is 12.3. The summed E-state index contributed by atoms with van der Waals surface area (Å²) < 4.78 is 0. The summed E-state index contributed by atoms with van der Waals surface area (Å²) in [7, 11) is 0. The number of rotatable bonds is 3. The summed E-state index contributed by atoms with van der Waals surface area (Å²) in [6, 6.07) is 4.98. The van der Waals surface area contributed by atoms with E-state index >= 15 is 0 Å². The van der Waals surface area contributed by atoms with Crippen molar-refractivity contribution in [2.75, 3.05) is 0 Å². The third kappa shape index (κ3) is 4.35. The van der Waals surface area contributed by atoms with Crippen molar-refractivity contribution >= 4 is 28.8 Å². The van der Waals surface area contributed by atoms with Gasteiger partial charge in [0.1, 0.15) is 6.07 Å². The van der Waals surface area contributed by atoms with Gasteiger partial charge in [0.2, 0.25) is 0 Å². The van der Waals surface area contributed by atoms with Gasteiger partial charge in [0.25, 0.3) is 5.69 Å². The average Bonchev–Trinajstić information content (AvgIpc) is 2.37. The van der Waals surface area contributed by atoms with E-state index in [-0.39, 0.29) is 29.4 Å². The number of carbonyl (C=O) groups is 1. The van der Waals surface area contributed by atoms with Crippen LogP contribution in [0.3, 0.4) is 0 Å². The molecule has 0 bridgehead atoms. The van der Waals surface area contributed by atoms with Crippen LogP contribution < -0.4 is 24.0 Å². The van der Waals surface area contributed by atoms with Crippen LogP contribution in [0, 0.1) is 26.9 Å². The van der Waals surface area contributed by atoms with Gasteiger partial charge in [-0.1, -0.05) is 38.1 Å². The minimum atomic E-state index is -0.971. The number of hydrogen-bond acceptors (Lipinski definition) is 5. The summed E-state index contributed by atoms with van der Waals surface area (Å²) in [4.78, 5) is 22.3. The van der Waals surface area contributed by atoms with E-state index in [2.05, 4.69) is 0 Å². The standard InChI is InChI=1S/C14H13ClN2O4.Li/c1-14(2,3)13(19)10(7-16)12(18)9-5-4-8(15)6-11(9)17(20)21;/h4-6,18H,1-3H3;/q;+1/p-1/b12-10-;. The molecular formula is C14H12ClLiN2O4. The predicted octanol–water partition coefficient (Wildman–Crippen LogP) is -0.538. The van der Waals surface area contributed by atoms with Gasteiger partial charge in [0.15, 0.2) is 5.78 Å². The topological polar surface area (TPSA) is 107 Å². The van der Waals surface area contributed by atoms with Crippen molar-refractivity contribution in [1.29, 1.82) is 5.26 Å². The van der Waals surface area contributed by atoms with Crippen molar-refractivity contribution in [3.8, 4) is 6.07 Å². The number of carbonyl (C=O) groups excluding carboxylic acids is 1. The third-order valence-corrected chi connectivity index (χ3v) is 2.88. The number of nitro benzene ring substituents is 1. The van der Waals surface area contributed by atoms with E-state index in [0.717, 1.165) is 12.1 Å². The Bertz CT molecular complexity index is 687. The van der Waals surface area contributed by atoms with Crippen LogP contribution in [-0.2, 0) is 4.79 Å². The molecule has 0 aliphatic rings. The second-order valence-electron chi connectivity index (χ2n) is 5.31. The van der Waals surface area contributed by atoms with Crippen molar-refractivity contribution in [3.05, 3.63) is 44.5 Å². The van der Waals surface area contributed by atoms with E-state index in [1.165, 1.54) is 6.07 Å². The van der Waals surface area contributed by atoms with Crippen molar-refractivity contribution in [2.45, 2.75) is 20.8 Å². The fourth-order valence-corrected chi connectivity index (χ4v) is 1.73. The molecule has 22 heavy (non-hydrogen) atoms. The van der Waals surface area contributed by atoms with Crippen molar-refractivity contribution in [2.24, 2.45) is 5.41 Å². The van der Waals surface area contributed by atoms with Crippen molar-refractivity contribution in [1.82, 2.24) is 0 Å². The Kier molecular flexibility index (Phi) is 6.86. The minimum absolute atomic E-state index is 0. The Morgan fingerprint density at radius 3 is 2.32 bits per heavy atom. The Hall–Kier alpha value is -1.79. The molecule has 0 radical (unpaired) electrons. The van der Waals surface area contributed by atoms with Crippen LogP contribution in [0.1, 0.15) is 26.3 Å². The van der Waals surface area contributed by atoms with Crippen LogP contribution in [0.5, 0.6) is 0 Å². The number of nitrogens with zero attached hydrogens (tertiary/aromatic N) is 2. The van der Waals surface area contributed by atoms with Gasteiger partial charge in [-0.3, -0.25) is 14.9 Å². The summed E-state index contributed by atoms with van der Waals surface area (Å²) in [6.45, 7) is 4.66. The molecule has 0 amide bonds. The molecule has 0 unspecified atom stereocenters. The SMILES string of the molecule is CC(C)(C)C(=O)/C(C#N)=C(\[O-])c1ccc(Cl)cc1[N+](=O)[O-].[Li+]. The van der Waals surface area contributed by atoms with Crippen molar-refractivity contribution in [3.63, 3.8) is 0 Å². The Morgan fingerprint density at radius 2 is 1.91 bits per heavy atom. The number of hydrogen-bond donors (Lipinski definition) is 0. The first kappa shape index (κ1) is 20.2. The van der Waals surface area contributed by atoms with Crippen LogP contribution in [0.2, 0.25) is 5.02 Å². The van der Waals surface area contributed by atoms with E-state index in [4.69, 9.17) is 16.9 Å². The first-order valence-corrected chi connectivity index (χ1v) is 6.28. The third-order valence-electron chi connectivity index (χ3n) is 2.65. The number of halogens is 1. The van der Waals surface area contributed by atoms with Gasteiger partial charge in [-0.05, 0) is 12.1 Å². The number of nitro groups is 1. The van der Waals surface area contributed by atoms with Crippen LogP contribution in [-0.4, -0.2) is 10.7 Å². The van der Waals surface area contributed by atoms with Gasteiger partial charge in [-0.15, -0.1) is 0 Å². The number of benzene rings is 1. The molecule has 0 aliphatic carbocycles. The van der Waals surface area contributed by atoms with Gasteiger partial charge in [-0.2, -0.15) is 5.26 Å². The Balaban J connectivity index is 0.00000441. The number of Topliss-reactive ketones (excluding diaryl/α,β-unsaturated/α-hetero) is 1. The average molecular weight is 315 g/mol. The second-order valence-corrected chi connectivity index (χ2v) is 5.75. The van der Waals surface area contributed by atoms with Gasteiger partial charge in [0, 0.05) is 22.1 Å². The molecule has 0 saturated heterocycles. The maximum Gasteiger partial charge on any atom is 1.00 e. The number of ketones is 1. The smallest absolute Gasteiger partial charge is 0.871 e. The molecule has 8 heteroatoms. The van der Waals surface area contributed by atoms with Crippen LogP contribution >= 0.6 is 11.6 Å². The molecule has 0 atom stereocenters. The number of allylic oxidation sites excluding steroid dienone is 1. The maximum absolute atomic E-state index is 12.3. The molecule has 0 heterocycles. The van der Waals surface area contributed by atoms with E-state index in [0.29, 0.717) is 0 Å². The molecular weight excluding hydrogens is 303 g/mol. The molecule has 0 fully saturated rings. The quantitative estimate of drug-likeness (QED) is 0.186. The zero-order chi connectivity index (χ0) is 16.4. The molecule has 1 rings (SSSR count). The molecule has 0 aromatic heterocycles. The summed E-state index contributed by atoms with van der Waals surface area (Å²) >= 11 is 5.66. The molecule has 0 N–H and O–H groups in total. The van der Waals surface area contributed by atoms with Crippen LogP contribution in [0.4, 0.5) is 5.69 Å². The molecule has 0 spiro atoms. The fourth-order valence-electron chi connectivity index (χ4n) is 1.56. The van der Waals surface area contributed by atoms with E-state index in [1.807, 2.05) is 0 Å². The van der Waals surface area contributed by atoms with Gasteiger partial charge < -0.3 is 5.11 Å². The zero-order valence-electron chi connectivity index (χ0n) is 12.6. The van der Waals surface area contributed by atoms with Gasteiger partial charge in [-0.25, -0.2) is 0 Å². The van der Waals surface area contributed by atoms with Gasteiger partial charge in [0.05, 0.1) is 10.5 Å². The fraction of sp³-hybridized carbons (Fsp3) is 0.286. The summed E-state index contributed by atoms with van der Waals surface area (Å²) in [5, 5.41) is 32.4. The van der Waals surface area contributed by atoms with E-state index in [1.54, 1.807) is 26.8 Å². The number of nitriles is 1. The Morgan fingerprint density at radius 1 is 1.36 bits per heavy atom. The normalized spacial score (nSPS) is 11.8. The summed E-state index contributed by atoms with van der Waals surface area (Å²) in [5.41, 5.74) is -2.45. The molecule has 0 aliphatic heterocycles. The molecule has 6 nitrogen and oxygen atoms in total. The Labute approximate surface area is 144 Å². The van der Waals surface area contributed by atoms with Crippen LogP contribution in [0.15, 0.2) is 23.8 Å². The van der Waals surface area contributed by atoms with E-state index < -0.39 is 33.1 Å². The summed E-state index contributed by atoms with van der Waals surface area (Å²) in [5.74, 6) is -1.64. The molecule has 110 valence electrons. The molecule has 1 aromatic rings. The monoisotopic (exact) mass is 314 g/mol. The second kappa shape index (κ2) is 7.46. The first-order valence-electron chi connectivity index (χ1n) is 5.90. The van der Waals surface area contributed by atoms with Crippen LogP contribution in [0.25, 0.3) is 5.76 Å². The van der Waals surface area contributed by atoms with E-state index in [9.17, 15) is 20.0 Å². The zero-order valence-corrected chi connectivity index (χ0v) is 13.4. The first-order chi connectivity index (χ1) is 9.59. The largest absolute Gasteiger partial charge is 1.00 e. The molecule has 1 aromatic carbocycles. The minimum Gasteiger partial charge on any atom is -0.871 e. The van der Waals surface area contributed by atoms with Gasteiger partial charge >= 0.3 is 18.9 Å². The predicted molar refractivity (Wildman–Crippen MR) is 75.1 cm³/mol. The summed E-state index contributed by atoms with van der Waals surface area (Å²) in [6.07, 6.45) is 0. The van der Waals surface area contributed by atoms with Crippen molar-refractivity contribution < 1.29 is 33.7 Å². The molecule has 0 saturated carbocycles.